The second-order valence-corrected chi connectivity index (χ2v) is 6.96. The summed E-state index contributed by atoms with van der Waals surface area (Å²) in [6.07, 6.45) is 0. The minimum atomic E-state index is -0.139. The Hall–Kier alpha value is -2.04. The summed E-state index contributed by atoms with van der Waals surface area (Å²) in [5, 5.41) is 3.72. The number of benzene rings is 2. The number of carbonyl (C=O) groups excluding carboxylic acids is 1. The minimum absolute atomic E-state index is 0.00220. The van der Waals surface area contributed by atoms with E-state index >= 15 is 0 Å². The van der Waals surface area contributed by atoms with Crippen molar-refractivity contribution in [1.29, 1.82) is 0 Å². The van der Waals surface area contributed by atoms with Crippen LogP contribution in [0.1, 0.15) is 36.6 Å². The van der Waals surface area contributed by atoms with E-state index in [9.17, 15) is 4.79 Å². The SMILES string of the molecule is CCN(CC)C(CNC(=O)COc1cccc(C)c1C)c1ccccc1Cl. The van der Waals surface area contributed by atoms with Crippen molar-refractivity contribution >= 4 is 17.5 Å². The van der Waals surface area contributed by atoms with Gasteiger partial charge in [-0.25, -0.2) is 0 Å². The highest BCUT2D eigenvalue weighted by Crippen LogP contribution is 2.27. The first-order valence-corrected chi connectivity index (χ1v) is 9.79. The molecule has 2 rings (SSSR count). The molecule has 0 aromatic heterocycles. The fourth-order valence-corrected chi connectivity index (χ4v) is 3.39. The quantitative estimate of drug-likeness (QED) is 0.685. The molecule has 1 amide bonds. The van der Waals surface area contributed by atoms with Crippen molar-refractivity contribution in [3.05, 3.63) is 64.2 Å². The van der Waals surface area contributed by atoms with Crippen LogP contribution in [0.25, 0.3) is 0 Å². The Morgan fingerprint density at radius 2 is 1.81 bits per heavy atom. The number of nitrogens with one attached hydrogen (secondary N) is 1. The van der Waals surface area contributed by atoms with Gasteiger partial charge in [0, 0.05) is 11.6 Å². The molecule has 1 N–H and O–H groups in total. The Kier molecular flexibility index (Phi) is 8.14. The van der Waals surface area contributed by atoms with E-state index in [1.54, 1.807) is 0 Å². The zero-order valence-corrected chi connectivity index (χ0v) is 17.3. The fourth-order valence-electron chi connectivity index (χ4n) is 3.13. The molecule has 0 heterocycles. The summed E-state index contributed by atoms with van der Waals surface area (Å²) in [5.41, 5.74) is 3.23. The maximum absolute atomic E-state index is 12.3. The Labute approximate surface area is 167 Å². The molecule has 0 saturated carbocycles. The van der Waals surface area contributed by atoms with Gasteiger partial charge >= 0.3 is 0 Å². The first-order valence-electron chi connectivity index (χ1n) is 9.42. The Balaban J connectivity index is 2.00. The summed E-state index contributed by atoms with van der Waals surface area (Å²) in [6.45, 7) is 10.5. The summed E-state index contributed by atoms with van der Waals surface area (Å²) >= 11 is 6.40. The zero-order valence-electron chi connectivity index (χ0n) is 16.6. The smallest absolute Gasteiger partial charge is 0.258 e. The van der Waals surface area contributed by atoms with Crippen LogP contribution in [0.2, 0.25) is 5.02 Å². The zero-order chi connectivity index (χ0) is 19.8. The highest BCUT2D eigenvalue weighted by Gasteiger charge is 2.21. The first kappa shape index (κ1) is 21.3. The predicted molar refractivity (Wildman–Crippen MR) is 112 cm³/mol. The lowest BCUT2D eigenvalue weighted by Crippen LogP contribution is -2.39. The van der Waals surface area contributed by atoms with E-state index in [0.717, 1.165) is 40.6 Å². The van der Waals surface area contributed by atoms with Crippen LogP contribution in [0.5, 0.6) is 5.75 Å². The molecule has 4 nitrogen and oxygen atoms in total. The molecule has 0 radical (unpaired) electrons. The van der Waals surface area contributed by atoms with Crippen LogP contribution < -0.4 is 10.1 Å². The monoisotopic (exact) mass is 388 g/mol. The lowest BCUT2D eigenvalue weighted by Gasteiger charge is -2.30. The molecule has 0 saturated heterocycles. The number of hydrogen-bond donors (Lipinski definition) is 1. The van der Waals surface area contributed by atoms with Crippen molar-refractivity contribution in [2.75, 3.05) is 26.2 Å². The van der Waals surface area contributed by atoms with Crippen molar-refractivity contribution in [2.24, 2.45) is 0 Å². The van der Waals surface area contributed by atoms with Gasteiger partial charge in [-0.2, -0.15) is 0 Å². The van der Waals surface area contributed by atoms with Gasteiger partial charge in [-0.1, -0.05) is 55.8 Å². The van der Waals surface area contributed by atoms with E-state index in [0.29, 0.717) is 6.54 Å². The van der Waals surface area contributed by atoms with E-state index in [2.05, 4.69) is 24.1 Å². The molecule has 146 valence electrons. The number of likely N-dealkylation sites (N-methyl/N-ethyl adjacent to an activating group) is 1. The largest absolute Gasteiger partial charge is 0.483 e. The molecule has 0 bridgehead atoms. The number of carbonyl (C=O) groups is 1. The molecular formula is C22H29ClN2O2. The summed E-state index contributed by atoms with van der Waals surface area (Å²) in [4.78, 5) is 14.6. The fraction of sp³-hybridized carbons (Fsp3) is 0.409. The molecule has 5 heteroatoms. The third-order valence-corrected chi connectivity index (χ3v) is 5.27. The second-order valence-electron chi connectivity index (χ2n) is 6.55. The lowest BCUT2D eigenvalue weighted by atomic mass is 10.0. The molecule has 1 atom stereocenters. The number of halogens is 1. The minimum Gasteiger partial charge on any atom is -0.483 e. The third-order valence-electron chi connectivity index (χ3n) is 4.92. The van der Waals surface area contributed by atoms with Crippen molar-refractivity contribution < 1.29 is 9.53 Å². The van der Waals surface area contributed by atoms with Crippen molar-refractivity contribution in [1.82, 2.24) is 10.2 Å². The standard InChI is InChI=1S/C22H29ClN2O2/c1-5-25(6-2)20(18-11-7-8-12-19(18)23)14-24-22(26)15-27-21-13-9-10-16(3)17(21)4/h7-13,20H,5-6,14-15H2,1-4H3,(H,24,26). The predicted octanol–water partition coefficient (Wildman–Crippen LogP) is 4.53. The number of ether oxygens (including phenoxy) is 1. The van der Waals surface area contributed by atoms with Gasteiger partial charge in [0.2, 0.25) is 0 Å². The number of nitrogens with zero attached hydrogens (tertiary/aromatic N) is 1. The average molecular weight is 389 g/mol. The van der Waals surface area contributed by atoms with Crippen LogP contribution in [0.3, 0.4) is 0 Å². The van der Waals surface area contributed by atoms with Gasteiger partial charge in [0.1, 0.15) is 5.75 Å². The summed E-state index contributed by atoms with van der Waals surface area (Å²) in [6, 6.07) is 13.7. The van der Waals surface area contributed by atoms with Crippen LogP contribution >= 0.6 is 11.6 Å². The average Bonchev–Trinajstić information content (AvgIpc) is 2.67. The summed E-state index contributed by atoms with van der Waals surface area (Å²) < 4.78 is 5.70. The Morgan fingerprint density at radius 3 is 2.48 bits per heavy atom. The van der Waals surface area contributed by atoms with Crippen LogP contribution in [0.15, 0.2) is 42.5 Å². The van der Waals surface area contributed by atoms with Gasteiger partial charge in [0.05, 0.1) is 6.04 Å². The molecule has 0 aliphatic carbocycles. The van der Waals surface area contributed by atoms with Crippen LogP contribution in [0.4, 0.5) is 0 Å². The Bertz CT molecular complexity index is 760. The van der Waals surface area contributed by atoms with E-state index in [-0.39, 0.29) is 18.6 Å². The Morgan fingerprint density at radius 1 is 1.11 bits per heavy atom. The molecule has 27 heavy (non-hydrogen) atoms. The van der Waals surface area contributed by atoms with Crippen molar-refractivity contribution in [2.45, 2.75) is 33.7 Å². The van der Waals surface area contributed by atoms with Crippen LogP contribution in [-0.2, 0) is 4.79 Å². The molecule has 0 fully saturated rings. The van der Waals surface area contributed by atoms with E-state index in [4.69, 9.17) is 16.3 Å². The summed E-state index contributed by atoms with van der Waals surface area (Å²) in [7, 11) is 0. The first-order chi connectivity index (χ1) is 13.0. The number of amides is 1. The van der Waals surface area contributed by atoms with Gasteiger partial charge in [-0.15, -0.1) is 0 Å². The normalized spacial score (nSPS) is 12.1. The van der Waals surface area contributed by atoms with Crippen molar-refractivity contribution in [3.63, 3.8) is 0 Å². The number of aryl methyl sites for hydroxylation is 1. The van der Waals surface area contributed by atoms with Crippen LogP contribution in [-0.4, -0.2) is 37.0 Å². The van der Waals surface area contributed by atoms with Gasteiger partial charge < -0.3 is 10.1 Å². The third kappa shape index (κ3) is 5.72. The van der Waals surface area contributed by atoms with Gasteiger partial charge in [-0.05, 0) is 55.8 Å². The topological polar surface area (TPSA) is 41.6 Å². The van der Waals surface area contributed by atoms with E-state index in [1.165, 1.54) is 0 Å². The van der Waals surface area contributed by atoms with Crippen molar-refractivity contribution in [3.8, 4) is 5.75 Å². The van der Waals surface area contributed by atoms with Gasteiger partial charge in [-0.3, -0.25) is 9.69 Å². The van der Waals surface area contributed by atoms with Gasteiger partial charge in [0.25, 0.3) is 5.91 Å². The molecule has 2 aromatic carbocycles. The molecule has 2 aromatic rings. The molecule has 0 aliphatic rings. The second kappa shape index (κ2) is 10.3. The lowest BCUT2D eigenvalue weighted by molar-refractivity contribution is -0.123. The van der Waals surface area contributed by atoms with Crippen LogP contribution in [0, 0.1) is 13.8 Å². The number of hydrogen-bond acceptors (Lipinski definition) is 3. The molecule has 0 aliphatic heterocycles. The maximum Gasteiger partial charge on any atom is 0.258 e. The summed E-state index contributed by atoms with van der Waals surface area (Å²) in [5.74, 6) is 0.608. The van der Waals surface area contributed by atoms with Gasteiger partial charge in [0.15, 0.2) is 6.61 Å². The highest BCUT2D eigenvalue weighted by atomic mass is 35.5. The number of rotatable bonds is 9. The van der Waals surface area contributed by atoms with E-state index < -0.39 is 0 Å². The van der Waals surface area contributed by atoms with E-state index in [1.807, 2.05) is 56.3 Å². The molecule has 1 unspecified atom stereocenters. The maximum atomic E-state index is 12.3. The highest BCUT2D eigenvalue weighted by molar-refractivity contribution is 6.31. The molecule has 0 spiro atoms. The molecular weight excluding hydrogens is 360 g/mol.